The second-order valence-electron chi connectivity index (χ2n) is 7.54. The fourth-order valence-corrected chi connectivity index (χ4v) is 4.24. The van der Waals surface area contributed by atoms with Gasteiger partial charge in [-0.15, -0.1) is 9.24 Å². The van der Waals surface area contributed by atoms with Crippen molar-refractivity contribution in [3.63, 3.8) is 0 Å². The van der Waals surface area contributed by atoms with Crippen molar-refractivity contribution in [3.05, 3.63) is 58.7 Å². The smallest absolute Gasteiger partial charge is 0.0685 e. The van der Waals surface area contributed by atoms with E-state index in [4.69, 9.17) is 4.74 Å². The number of ether oxygens (including phenoxy) is 1. The molecule has 1 aliphatic heterocycles. The van der Waals surface area contributed by atoms with E-state index in [9.17, 15) is 5.11 Å². The summed E-state index contributed by atoms with van der Waals surface area (Å²) in [6.07, 6.45) is 0.571. The minimum atomic E-state index is 0.0715. The number of rotatable bonds is 6. The van der Waals surface area contributed by atoms with E-state index in [2.05, 4.69) is 57.6 Å². The average molecular weight is 386 g/mol. The molecular formula is C22H31N2O2P. The number of hydrogen-bond donors (Lipinski definition) is 2. The molecule has 0 saturated carbocycles. The van der Waals surface area contributed by atoms with E-state index in [1.807, 2.05) is 19.1 Å². The molecule has 1 fully saturated rings. The Labute approximate surface area is 165 Å². The molecule has 0 amide bonds. The van der Waals surface area contributed by atoms with Crippen molar-refractivity contribution in [2.45, 2.75) is 52.7 Å². The van der Waals surface area contributed by atoms with Gasteiger partial charge in [0.2, 0.25) is 0 Å². The summed E-state index contributed by atoms with van der Waals surface area (Å²) in [6, 6.07) is 12.6. The predicted molar refractivity (Wildman–Crippen MR) is 116 cm³/mol. The second-order valence-corrected chi connectivity index (χ2v) is 8.12. The molecule has 2 aromatic rings. The Hall–Kier alpha value is -1.45. The second kappa shape index (κ2) is 9.16. The predicted octanol–water partition coefficient (Wildman–Crippen LogP) is 3.21. The lowest BCUT2D eigenvalue weighted by molar-refractivity contribution is -0.0704. The number of benzene rings is 2. The normalized spacial score (nSPS) is 20.6. The first-order valence-corrected chi connectivity index (χ1v) is 10.2. The molecule has 3 atom stereocenters. The lowest BCUT2D eigenvalue weighted by Gasteiger charge is -2.35. The molecule has 1 aliphatic rings. The maximum atomic E-state index is 9.46. The van der Waals surface area contributed by atoms with E-state index in [-0.39, 0.29) is 18.8 Å². The zero-order valence-electron chi connectivity index (χ0n) is 16.5. The first-order valence-electron chi connectivity index (χ1n) is 9.65. The summed E-state index contributed by atoms with van der Waals surface area (Å²) in [5.41, 5.74) is 5.78. The third-order valence-corrected chi connectivity index (χ3v) is 6.00. The van der Waals surface area contributed by atoms with E-state index >= 15 is 0 Å². The largest absolute Gasteiger partial charge is 0.392 e. The first kappa shape index (κ1) is 20.3. The van der Waals surface area contributed by atoms with Crippen molar-refractivity contribution in [1.29, 1.82) is 0 Å². The van der Waals surface area contributed by atoms with Crippen LogP contribution < -0.4 is 10.6 Å². The first-order chi connectivity index (χ1) is 13.0. The molecule has 0 radical (unpaired) electrons. The minimum absolute atomic E-state index is 0.0715. The number of morpholine rings is 1. The average Bonchev–Trinajstić information content (AvgIpc) is 2.62. The monoisotopic (exact) mass is 386 g/mol. The van der Waals surface area contributed by atoms with Crippen molar-refractivity contribution < 1.29 is 9.84 Å². The summed E-state index contributed by atoms with van der Waals surface area (Å²) in [6.45, 7) is 10.1. The Morgan fingerprint density at radius 2 is 1.70 bits per heavy atom. The van der Waals surface area contributed by atoms with Crippen LogP contribution in [0.1, 0.15) is 36.1 Å². The van der Waals surface area contributed by atoms with Gasteiger partial charge in [0.05, 0.1) is 18.8 Å². The summed E-state index contributed by atoms with van der Waals surface area (Å²) >= 11 is 0. The Balaban J connectivity index is 1.70. The maximum Gasteiger partial charge on any atom is 0.0685 e. The molecule has 2 aromatic carbocycles. The molecule has 4 nitrogen and oxygen atoms in total. The van der Waals surface area contributed by atoms with Crippen LogP contribution >= 0.6 is 9.24 Å². The minimum Gasteiger partial charge on any atom is -0.392 e. The Morgan fingerprint density at radius 3 is 2.41 bits per heavy atom. The van der Waals surface area contributed by atoms with Gasteiger partial charge in [-0.2, -0.15) is 0 Å². The van der Waals surface area contributed by atoms with Gasteiger partial charge >= 0.3 is 0 Å². The molecule has 0 aromatic heterocycles. The van der Waals surface area contributed by atoms with Crippen LogP contribution in [0, 0.1) is 6.92 Å². The van der Waals surface area contributed by atoms with Gasteiger partial charge < -0.3 is 15.2 Å². The van der Waals surface area contributed by atoms with Gasteiger partial charge in [-0.3, -0.25) is 4.90 Å². The molecule has 146 valence electrons. The Morgan fingerprint density at radius 1 is 1.07 bits per heavy atom. The molecule has 0 spiro atoms. The van der Waals surface area contributed by atoms with Crippen LogP contribution in [-0.2, 0) is 24.4 Å². The van der Waals surface area contributed by atoms with Crippen molar-refractivity contribution in [2.24, 2.45) is 0 Å². The van der Waals surface area contributed by atoms with Gasteiger partial charge in [0, 0.05) is 31.9 Å². The summed E-state index contributed by atoms with van der Waals surface area (Å²) < 4.78 is 5.85. The quantitative estimate of drug-likeness (QED) is 0.749. The molecule has 27 heavy (non-hydrogen) atoms. The molecule has 0 bridgehead atoms. The molecule has 2 N–H and O–H groups in total. The van der Waals surface area contributed by atoms with E-state index in [0.29, 0.717) is 0 Å². The Kier molecular flexibility index (Phi) is 6.88. The maximum absolute atomic E-state index is 9.46. The van der Waals surface area contributed by atoms with Crippen LogP contribution in [0.5, 0.6) is 0 Å². The highest BCUT2D eigenvalue weighted by atomic mass is 31.0. The van der Waals surface area contributed by atoms with Crippen LogP contribution in [0.25, 0.3) is 0 Å². The lowest BCUT2D eigenvalue weighted by atomic mass is 10.1. The SMILES string of the molecule is Cc1c(CO)cccc1NCc1cccc(CN2CC(C)O[C@@H](C)C2)c1P. The van der Waals surface area contributed by atoms with E-state index in [1.165, 1.54) is 16.4 Å². The summed E-state index contributed by atoms with van der Waals surface area (Å²) in [7, 11) is 2.93. The topological polar surface area (TPSA) is 44.7 Å². The van der Waals surface area contributed by atoms with Crippen LogP contribution in [0.4, 0.5) is 5.69 Å². The molecule has 1 heterocycles. The zero-order valence-corrected chi connectivity index (χ0v) is 17.7. The number of nitrogens with zero attached hydrogens (tertiary/aromatic N) is 1. The van der Waals surface area contributed by atoms with Crippen LogP contribution in [-0.4, -0.2) is 35.3 Å². The van der Waals surface area contributed by atoms with Crippen LogP contribution in [0.3, 0.4) is 0 Å². The van der Waals surface area contributed by atoms with Gasteiger partial charge in [0.15, 0.2) is 0 Å². The molecule has 2 unspecified atom stereocenters. The summed E-state index contributed by atoms with van der Waals surface area (Å²) in [5.74, 6) is 0. The van der Waals surface area contributed by atoms with E-state index in [1.54, 1.807) is 0 Å². The molecular weight excluding hydrogens is 355 g/mol. The third-order valence-electron chi connectivity index (χ3n) is 5.26. The number of anilines is 1. The Bertz CT molecular complexity index is 771. The highest BCUT2D eigenvalue weighted by molar-refractivity contribution is 7.27. The van der Waals surface area contributed by atoms with Crippen molar-refractivity contribution in [1.82, 2.24) is 4.90 Å². The van der Waals surface area contributed by atoms with E-state index in [0.717, 1.165) is 43.0 Å². The number of hydrogen-bond acceptors (Lipinski definition) is 4. The van der Waals surface area contributed by atoms with Gasteiger partial charge in [-0.1, -0.05) is 30.3 Å². The van der Waals surface area contributed by atoms with Crippen LogP contribution in [0.15, 0.2) is 36.4 Å². The highest BCUT2D eigenvalue weighted by Gasteiger charge is 2.22. The van der Waals surface area contributed by atoms with Gasteiger partial charge in [-0.05, 0) is 54.4 Å². The summed E-state index contributed by atoms with van der Waals surface area (Å²) in [5, 5.41) is 14.3. The lowest BCUT2D eigenvalue weighted by Crippen LogP contribution is -2.45. The number of nitrogens with one attached hydrogen (secondary N) is 1. The van der Waals surface area contributed by atoms with Crippen LogP contribution in [0.2, 0.25) is 0 Å². The third kappa shape index (κ3) is 5.08. The fraction of sp³-hybridized carbons (Fsp3) is 0.455. The van der Waals surface area contributed by atoms with Gasteiger partial charge in [0.25, 0.3) is 0 Å². The van der Waals surface area contributed by atoms with Crippen molar-refractivity contribution in [3.8, 4) is 0 Å². The molecule has 5 heteroatoms. The van der Waals surface area contributed by atoms with Crippen molar-refractivity contribution in [2.75, 3.05) is 18.4 Å². The van der Waals surface area contributed by atoms with Gasteiger partial charge in [-0.25, -0.2) is 0 Å². The number of aliphatic hydroxyl groups excluding tert-OH is 1. The summed E-state index contributed by atoms with van der Waals surface area (Å²) in [4.78, 5) is 2.48. The molecule has 0 aliphatic carbocycles. The standard InChI is InChI=1S/C22H31N2O2P/c1-15-11-24(12-16(2)26-15)13-19-7-4-6-18(22(19)27)10-23-21-9-5-8-20(14-25)17(21)3/h4-9,15-16,23,25H,10-14,27H2,1-3H3/t15-,16?/m0/s1. The van der Waals surface area contributed by atoms with E-state index < -0.39 is 0 Å². The van der Waals surface area contributed by atoms with Crippen molar-refractivity contribution >= 4 is 20.2 Å². The van der Waals surface area contributed by atoms with Gasteiger partial charge in [0.1, 0.15) is 0 Å². The molecule has 1 saturated heterocycles. The molecule has 3 rings (SSSR count). The highest BCUT2D eigenvalue weighted by Crippen LogP contribution is 2.21. The number of aliphatic hydroxyl groups is 1. The zero-order chi connectivity index (χ0) is 19.4. The fourth-order valence-electron chi connectivity index (χ4n) is 3.85.